The summed E-state index contributed by atoms with van der Waals surface area (Å²) in [7, 11) is 0. The molecular formula is C28H30N6O2S. The summed E-state index contributed by atoms with van der Waals surface area (Å²) >= 11 is 1.37. The van der Waals surface area contributed by atoms with Crippen LogP contribution in [0.2, 0.25) is 0 Å². The number of fused-ring (bicyclic) bond motifs is 1. The van der Waals surface area contributed by atoms with Gasteiger partial charge in [0.2, 0.25) is 11.9 Å². The van der Waals surface area contributed by atoms with Crippen LogP contribution in [0.5, 0.6) is 0 Å². The van der Waals surface area contributed by atoms with E-state index in [0.29, 0.717) is 16.7 Å². The fraction of sp³-hybridized carbons (Fsp3) is 0.321. The van der Waals surface area contributed by atoms with Crippen LogP contribution < -0.4 is 5.32 Å². The molecule has 1 spiro atoms. The monoisotopic (exact) mass is 514 g/mol. The van der Waals surface area contributed by atoms with E-state index >= 15 is 0 Å². The van der Waals surface area contributed by atoms with Crippen LogP contribution in [0.4, 0.5) is 5.95 Å². The molecule has 1 aliphatic heterocycles. The molecule has 1 saturated heterocycles. The van der Waals surface area contributed by atoms with Crippen LogP contribution in [-0.2, 0) is 4.79 Å². The quantitative estimate of drug-likeness (QED) is 0.265. The molecule has 5 rings (SSSR count). The number of para-hydroxylation sites is 2. The number of hydrogen-bond acceptors (Lipinski definition) is 5. The van der Waals surface area contributed by atoms with Crippen molar-refractivity contribution in [3.05, 3.63) is 64.9 Å². The van der Waals surface area contributed by atoms with Gasteiger partial charge in [-0.2, -0.15) is 0 Å². The van der Waals surface area contributed by atoms with E-state index in [4.69, 9.17) is 4.98 Å². The number of rotatable bonds is 6. The van der Waals surface area contributed by atoms with Crippen LogP contribution >= 0.6 is 11.3 Å². The minimum atomic E-state index is -0.205. The number of aromatic nitrogens is 2. The lowest BCUT2D eigenvalue weighted by Crippen LogP contribution is -2.42. The van der Waals surface area contributed by atoms with E-state index in [1.807, 2.05) is 48.2 Å². The first-order valence-corrected chi connectivity index (χ1v) is 13.2. The molecule has 2 fully saturated rings. The van der Waals surface area contributed by atoms with Gasteiger partial charge in [-0.1, -0.05) is 24.8 Å². The second-order valence-corrected chi connectivity index (χ2v) is 10.8. The topological polar surface area (TPSA) is 92.0 Å². The predicted octanol–water partition coefficient (Wildman–Crippen LogP) is 5.57. The number of benzene rings is 1. The summed E-state index contributed by atoms with van der Waals surface area (Å²) in [5.41, 5.74) is 2.72. The average molecular weight is 515 g/mol. The molecule has 2 aromatic heterocycles. The summed E-state index contributed by atoms with van der Waals surface area (Å²) in [5, 5.41) is 3.06. The molecule has 3 aromatic rings. The standard InChI is InChI=1S/C28H30N6O2S/c1-5-20(30-18(3)29-4)23-11-12-24(37-23)26(36)32-27-31-21-9-7-8-10-22(21)34(27)19-15-28(16-19)13-14-33(17-28)25(35)6-2/h5-12,19H,2,4,13-17H2,1,3H3,(H,31,32,36)/b20-5-,30-18?. The summed E-state index contributed by atoms with van der Waals surface area (Å²) in [6.07, 6.45) is 6.16. The second-order valence-electron chi connectivity index (χ2n) is 9.68. The number of amides is 2. The van der Waals surface area contributed by atoms with Gasteiger partial charge in [-0.25, -0.2) is 15.0 Å². The van der Waals surface area contributed by atoms with Crippen molar-refractivity contribution < 1.29 is 9.59 Å². The van der Waals surface area contributed by atoms with Crippen molar-refractivity contribution in [2.45, 2.75) is 39.2 Å². The van der Waals surface area contributed by atoms with E-state index in [2.05, 4.69) is 33.2 Å². The van der Waals surface area contributed by atoms with Crippen molar-refractivity contribution in [1.29, 1.82) is 0 Å². The Kier molecular flexibility index (Phi) is 6.64. The molecule has 0 radical (unpaired) electrons. The number of allylic oxidation sites excluding steroid dienone is 1. The van der Waals surface area contributed by atoms with Crippen molar-refractivity contribution in [1.82, 2.24) is 14.5 Å². The number of imidazole rings is 1. The van der Waals surface area contributed by atoms with Gasteiger partial charge in [0.25, 0.3) is 5.91 Å². The summed E-state index contributed by atoms with van der Waals surface area (Å²) in [6.45, 7) is 12.4. The first-order valence-electron chi connectivity index (χ1n) is 12.3. The van der Waals surface area contributed by atoms with Crippen molar-refractivity contribution in [3.63, 3.8) is 0 Å². The van der Waals surface area contributed by atoms with Crippen LogP contribution in [0.1, 0.15) is 53.7 Å². The fourth-order valence-electron chi connectivity index (χ4n) is 5.44. The molecule has 8 nitrogen and oxygen atoms in total. The van der Waals surface area contributed by atoms with Gasteiger partial charge in [0, 0.05) is 19.1 Å². The SMILES string of the molecule is C=CC(=O)N1CCC2(CC(n3c(NC(=O)c4ccc(/C(=C/C)N=C(C)N=C)s4)nc4ccccc43)C2)C1. The Morgan fingerprint density at radius 3 is 2.70 bits per heavy atom. The third-order valence-corrected chi connectivity index (χ3v) is 8.42. The zero-order valence-corrected chi connectivity index (χ0v) is 21.9. The third kappa shape index (κ3) is 4.67. The Labute approximate surface area is 220 Å². The van der Waals surface area contributed by atoms with Crippen LogP contribution in [0.3, 0.4) is 0 Å². The molecule has 0 atom stereocenters. The zero-order chi connectivity index (χ0) is 26.2. The molecule has 1 aromatic carbocycles. The fourth-order valence-corrected chi connectivity index (χ4v) is 6.36. The molecule has 0 bridgehead atoms. The largest absolute Gasteiger partial charge is 0.339 e. The van der Waals surface area contributed by atoms with Gasteiger partial charge in [0.1, 0.15) is 5.84 Å². The van der Waals surface area contributed by atoms with Gasteiger partial charge in [-0.3, -0.25) is 14.9 Å². The normalized spacial score (nSPS) is 21.8. The smallest absolute Gasteiger partial charge is 0.268 e. The number of likely N-dealkylation sites (tertiary alicyclic amines) is 1. The van der Waals surface area contributed by atoms with Gasteiger partial charge in [-0.05, 0) is 75.6 Å². The van der Waals surface area contributed by atoms with Crippen LogP contribution in [-0.4, -0.2) is 51.9 Å². The van der Waals surface area contributed by atoms with E-state index in [1.165, 1.54) is 17.4 Å². The second kappa shape index (κ2) is 9.89. The van der Waals surface area contributed by atoms with Crippen LogP contribution in [0.15, 0.2) is 65.1 Å². The lowest BCUT2D eigenvalue weighted by Gasteiger charge is -2.46. The molecular weight excluding hydrogens is 484 g/mol. The van der Waals surface area contributed by atoms with Crippen LogP contribution in [0, 0.1) is 5.41 Å². The average Bonchev–Trinajstić information content (AvgIpc) is 3.62. The maximum Gasteiger partial charge on any atom is 0.268 e. The van der Waals surface area contributed by atoms with E-state index in [1.54, 1.807) is 13.0 Å². The van der Waals surface area contributed by atoms with E-state index < -0.39 is 0 Å². The number of hydrogen-bond donors (Lipinski definition) is 1. The summed E-state index contributed by atoms with van der Waals surface area (Å²) in [5.74, 6) is 0.913. The van der Waals surface area contributed by atoms with Crippen molar-refractivity contribution in [2.24, 2.45) is 15.4 Å². The molecule has 0 unspecified atom stereocenters. The predicted molar refractivity (Wildman–Crippen MR) is 150 cm³/mol. The van der Waals surface area contributed by atoms with Gasteiger partial charge >= 0.3 is 0 Å². The van der Waals surface area contributed by atoms with Crippen molar-refractivity contribution >= 4 is 58.4 Å². The molecule has 190 valence electrons. The molecule has 9 heteroatoms. The number of nitrogens with zero attached hydrogens (tertiary/aromatic N) is 5. The number of carbonyl (C=O) groups is 2. The molecule has 1 aliphatic carbocycles. The van der Waals surface area contributed by atoms with Crippen molar-refractivity contribution in [2.75, 3.05) is 18.4 Å². The highest BCUT2D eigenvalue weighted by Gasteiger charge is 2.50. The summed E-state index contributed by atoms with van der Waals surface area (Å²) in [6, 6.07) is 11.9. The lowest BCUT2D eigenvalue weighted by molar-refractivity contribution is -0.125. The highest BCUT2D eigenvalue weighted by Crippen LogP contribution is 2.55. The lowest BCUT2D eigenvalue weighted by atomic mass is 9.65. The molecule has 2 aliphatic rings. The number of aliphatic imine (C=N–C) groups is 2. The number of carbonyl (C=O) groups excluding carboxylic acids is 2. The Morgan fingerprint density at radius 2 is 1.97 bits per heavy atom. The zero-order valence-electron chi connectivity index (χ0n) is 21.1. The third-order valence-electron chi connectivity index (χ3n) is 7.31. The number of thiophene rings is 1. The first kappa shape index (κ1) is 24.8. The van der Waals surface area contributed by atoms with Gasteiger partial charge in [0.05, 0.1) is 26.5 Å². The molecule has 2 amide bonds. The van der Waals surface area contributed by atoms with E-state index in [-0.39, 0.29) is 23.3 Å². The summed E-state index contributed by atoms with van der Waals surface area (Å²) in [4.78, 5) is 41.8. The Bertz CT molecular complexity index is 1460. The molecule has 1 N–H and O–H groups in total. The minimum Gasteiger partial charge on any atom is -0.339 e. The van der Waals surface area contributed by atoms with Gasteiger partial charge < -0.3 is 9.47 Å². The number of amidine groups is 1. The molecule has 37 heavy (non-hydrogen) atoms. The minimum absolute atomic E-state index is 0.000595. The number of anilines is 1. The first-order chi connectivity index (χ1) is 17.9. The van der Waals surface area contributed by atoms with E-state index in [9.17, 15) is 9.59 Å². The maximum absolute atomic E-state index is 13.3. The summed E-state index contributed by atoms with van der Waals surface area (Å²) < 4.78 is 2.16. The highest BCUT2D eigenvalue weighted by atomic mass is 32.1. The molecule has 1 saturated carbocycles. The maximum atomic E-state index is 13.3. The molecule has 3 heterocycles. The van der Waals surface area contributed by atoms with Gasteiger partial charge in [0.15, 0.2) is 0 Å². The van der Waals surface area contributed by atoms with Crippen LogP contribution in [0.25, 0.3) is 16.7 Å². The Balaban J connectivity index is 1.37. The number of nitrogens with one attached hydrogen (secondary N) is 1. The highest BCUT2D eigenvalue weighted by molar-refractivity contribution is 7.15. The van der Waals surface area contributed by atoms with E-state index in [0.717, 1.165) is 54.0 Å². The Morgan fingerprint density at radius 1 is 1.22 bits per heavy atom. The van der Waals surface area contributed by atoms with Crippen molar-refractivity contribution in [3.8, 4) is 0 Å². The van der Waals surface area contributed by atoms with Gasteiger partial charge in [-0.15, -0.1) is 11.3 Å². The Hall–Kier alpha value is -3.85.